The zero-order valence-corrected chi connectivity index (χ0v) is 25.1. The molecule has 0 radical (unpaired) electrons. The van der Waals surface area contributed by atoms with Crippen LogP contribution in [-0.4, -0.2) is 78.4 Å². The molecule has 0 saturated carbocycles. The first kappa shape index (κ1) is 31.1. The molecule has 4 aromatic rings. The maximum atomic E-state index is 13.7. The lowest BCUT2D eigenvalue weighted by molar-refractivity contribution is -0.146. The fraction of sp³-hybridized carbons (Fsp3) is 0.345. The number of halogens is 1. The van der Waals surface area contributed by atoms with E-state index in [1.54, 1.807) is 36.0 Å². The van der Waals surface area contributed by atoms with Crippen LogP contribution in [0.4, 0.5) is 4.39 Å². The van der Waals surface area contributed by atoms with Gasteiger partial charge in [0.05, 0.1) is 50.3 Å². The minimum absolute atomic E-state index is 0.0809. The molecule has 1 unspecified atom stereocenters. The normalized spacial score (nSPS) is 16.9. The number of nitrogens with zero attached hydrogens (tertiary/aromatic N) is 5. The molecule has 2 atom stereocenters. The Bertz CT molecular complexity index is 1720. The third-order valence-electron chi connectivity index (χ3n) is 6.69. The molecule has 1 saturated heterocycles. The van der Waals surface area contributed by atoms with Gasteiger partial charge in [-0.1, -0.05) is 29.0 Å². The monoisotopic (exact) mass is 626 g/mol. The predicted molar refractivity (Wildman–Crippen MR) is 154 cm³/mol. The molecule has 1 N–H and O–H groups in total. The lowest BCUT2D eigenvalue weighted by Gasteiger charge is -2.29. The van der Waals surface area contributed by atoms with Crippen LogP contribution in [0.5, 0.6) is 5.75 Å². The zero-order chi connectivity index (χ0) is 31.3. The molecule has 13 nitrogen and oxygen atoms in total. The van der Waals surface area contributed by atoms with E-state index in [1.165, 1.54) is 37.4 Å². The highest BCUT2D eigenvalue weighted by Crippen LogP contribution is 2.20. The quantitative estimate of drug-likeness (QED) is 0.244. The van der Waals surface area contributed by atoms with E-state index in [0.29, 0.717) is 29.3 Å². The van der Waals surface area contributed by atoms with Crippen molar-refractivity contribution in [3.63, 3.8) is 0 Å². The van der Waals surface area contributed by atoms with Crippen molar-refractivity contribution in [2.75, 3.05) is 26.9 Å². The van der Waals surface area contributed by atoms with Crippen LogP contribution in [-0.2, 0) is 36.9 Å². The standard InChI is InChI=1S/C29H31FN6O7S/c1-18-4-7-23(8-5-18)44(38,39)43-17-22-16-41-21(15-42-22)13-36-14-27(34-35-36)25-11-26(33-19(2)32-25)29(37)31-12-20-6-9-24(30)28(10-20)40-3/h4-11,14,21-22H,12-13,15-17H2,1-3H3,(H,31,37)/t21-,22?/m0/s1. The van der Waals surface area contributed by atoms with Crippen molar-refractivity contribution in [2.45, 2.75) is 44.0 Å². The van der Waals surface area contributed by atoms with Crippen molar-refractivity contribution < 1.29 is 36.0 Å². The summed E-state index contributed by atoms with van der Waals surface area (Å²) < 4.78 is 61.9. The number of nitrogens with one attached hydrogen (secondary N) is 1. The first-order valence-electron chi connectivity index (χ1n) is 13.7. The van der Waals surface area contributed by atoms with E-state index in [4.69, 9.17) is 18.4 Å². The highest BCUT2D eigenvalue weighted by Gasteiger charge is 2.26. The van der Waals surface area contributed by atoms with Crippen LogP contribution >= 0.6 is 0 Å². The van der Waals surface area contributed by atoms with Gasteiger partial charge in [0.15, 0.2) is 11.6 Å². The molecule has 0 bridgehead atoms. The number of hydrogen-bond acceptors (Lipinski definition) is 11. The molecular formula is C29H31FN6O7S. The molecule has 232 valence electrons. The Morgan fingerprint density at radius 3 is 2.52 bits per heavy atom. The average Bonchev–Trinajstić information content (AvgIpc) is 3.48. The largest absolute Gasteiger partial charge is 0.494 e. The molecule has 1 fully saturated rings. The van der Waals surface area contributed by atoms with Crippen LogP contribution in [0.25, 0.3) is 11.4 Å². The van der Waals surface area contributed by atoms with Crippen molar-refractivity contribution in [2.24, 2.45) is 0 Å². The van der Waals surface area contributed by atoms with Gasteiger partial charge in [0.25, 0.3) is 16.0 Å². The number of rotatable bonds is 11. The fourth-order valence-electron chi connectivity index (χ4n) is 4.34. The number of carbonyl (C=O) groups is 1. The Morgan fingerprint density at radius 1 is 1.05 bits per heavy atom. The molecule has 0 spiro atoms. The van der Waals surface area contributed by atoms with Gasteiger partial charge < -0.3 is 19.5 Å². The number of amides is 1. The summed E-state index contributed by atoms with van der Waals surface area (Å²) in [7, 11) is -2.53. The number of benzene rings is 2. The maximum absolute atomic E-state index is 13.7. The summed E-state index contributed by atoms with van der Waals surface area (Å²) in [5, 5.41) is 11.1. The van der Waals surface area contributed by atoms with Crippen molar-refractivity contribution in [1.82, 2.24) is 30.3 Å². The van der Waals surface area contributed by atoms with Crippen LogP contribution in [0.3, 0.4) is 0 Å². The Kier molecular flexibility index (Phi) is 9.58. The minimum atomic E-state index is -3.90. The summed E-state index contributed by atoms with van der Waals surface area (Å²) in [6, 6.07) is 12.2. The van der Waals surface area contributed by atoms with E-state index in [0.717, 1.165) is 5.56 Å². The second kappa shape index (κ2) is 13.5. The Labute approximate surface area is 253 Å². The second-order valence-electron chi connectivity index (χ2n) is 10.1. The summed E-state index contributed by atoms with van der Waals surface area (Å²) >= 11 is 0. The van der Waals surface area contributed by atoms with Gasteiger partial charge in [0.2, 0.25) is 0 Å². The Hall–Kier alpha value is -4.31. The van der Waals surface area contributed by atoms with Crippen molar-refractivity contribution >= 4 is 16.0 Å². The first-order valence-corrected chi connectivity index (χ1v) is 15.1. The third kappa shape index (κ3) is 7.79. The smallest absolute Gasteiger partial charge is 0.297 e. The number of ether oxygens (including phenoxy) is 3. The predicted octanol–water partition coefficient (Wildman–Crippen LogP) is 2.62. The zero-order valence-electron chi connectivity index (χ0n) is 24.3. The number of aryl methyl sites for hydroxylation is 2. The summed E-state index contributed by atoms with van der Waals surface area (Å²) in [4.78, 5) is 21.5. The summed E-state index contributed by atoms with van der Waals surface area (Å²) in [6.45, 7) is 4.16. The number of methoxy groups -OCH3 is 1. The van der Waals surface area contributed by atoms with Crippen LogP contribution in [0.15, 0.2) is 59.6 Å². The highest BCUT2D eigenvalue weighted by molar-refractivity contribution is 7.86. The van der Waals surface area contributed by atoms with Gasteiger partial charge in [-0.15, -0.1) is 5.10 Å². The van der Waals surface area contributed by atoms with Gasteiger partial charge in [0, 0.05) is 6.54 Å². The molecule has 2 aromatic heterocycles. The molecule has 5 rings (SSSR count). The Morgan fingerprint density at radius 2 is 1.80 bits per heavy atom. The summed E-state index contributed by atoms with van der Waals surface area (Å²) in [5.74, 6) is -0.476. The van der Waals surface area contributed by atoms with Gasteiger partial charge in [-0.25, -0.2) is 19.0 Å². The molecule has 0 aliphatic carbocycles. The lowest BCUT2D eigenvalue weighted by atomic mass is 10.2. The van der Waals surface area contributed by atoms with Crippen LogP contribution < -0.4 is 10.1 Å². The number of aromatic nitrogens is 5. The lowest BCUT2D eigenvalue weighted by Crippen LogP contribution is -2.40. The number of hydrogen-bond donors (Lipinski definition) is 1. The van der Waals surface area contributed by atoms with Gasteiger partial charge in [-0.05, 0) is 49.7 Å². The maximum Gasteiger partial charge on any atom is 0.297 e. The number of carbonyl (C=O) groups excluding carboxylic acids is 1. The fourth-order valence-corrected chi connectivity index (χ4v) is 5.28. The molecule has 1 amide bonds. The molecule has 1 aliphatic rings. The SMILES string of the molecule is COc1cc(CNC(=O)c2cc(-c3cn(C[C@H]4COC(COS(=O)(=O)c5ccc(C)cc5)CO4)nn3)nc(C)n2)ccc1F. The second-order valence-corrected chi connectivity index (χ2v) is 11.7. The molecular weight excluding hydrogens is 595 g/mol. The van der Waals surface area contributed by atoms with Crippen LogP contribution in [0.2, 0.25) is 0 Å². The third-order valence-corrected chi connectivity index (χ3v) is 7.98. The van der Waals surface area contributed by atoms with E-state index in [-0.39, 0.29) is 48.8 Å². The Balaban J connectivity index is 1.13. The molecule has 44 heavy (non-hydrogen) atoms. The minimum Gasteiger partial charge on any atom is -0.494 e. The van der Waals surface area contributed by atoms with Crippen molar-refractivity contribution in [3.05, 3.63) is 83.2 Å². The molecule has 1 aliphatic heterocycles. The molecule has 15 heteroatoms. The van der Waals surface area contributed by atoms with E-state index < -0.39 is 27.9 Å². The van der Waals surface area contributed by atoms with Gasteiger partial charge in [0.1, 0.15) is 29.4 Å². The van der Waals surface area contributed by atoms with Crippen molar-refractivity contribution in [1.29, 1.82) is 0 Å². The van der Waals surface area contributed by atoms with Gasteiger partial charge in [-0.3, -0.25) is 8.98 Å². The average molecular weight is 627 g/mol. The van der Waals surface area contributed by atoms with Crippen LogP contribution in [0, 0.1) is 19.7 Å². The van der Waals surface area contributed by atoms with Crippen molar-refractivity contribution in [3.8, 4) is 17.1 Å². The highest BCUT2D eigenvalue weighted by atomic mass is 32.2. The summed E-state index contributed by atoms with van der Waals surface area (Å²) in [6.07, 6.45) is 0.769. The van der Waals surface area contributed by atoms with E-state index >= 15 is 0 Å². The van der Waals surface area contributed by atoms with Gasteiger partial charge in [-0.2, -0.15) is 8.42 Å². The van der Waals surface area contributed by atoms with E-state index in [1.807, 2.05) is 6.92 Å². The summed E-state index contributed by atoms with van der Waals surface area (Å²) in [5.41, 5.74) is 2.57. The molecule has 3 heterocycles. The van der Waals surface area contributed by atoms with E-state index in [9.17, 15) is 17.6 Å². The topological polar surface area (TPSA) is 157 Å². The first-order chi connectivity index (χ1) is 21.1. The van der Waals surface area contributed by atoms with Gasteiger partial charge >= 0.3 is 0 Å². The van der Waals surface area contributed by atoms with E-state index in [2.05, 4.69) is 25.6 Å². The molecule has 2 aromatic carbocycles. The van der Waals surface area contributed by atoms with Crippen LogP contribution in [0.1, 0.15) is 27.4 Å².